The smallest absolute Gasteiger partial charge is 0.286 e. The SMILES string of the molecule is CC1=N[N+](c2ccccn2)=C2NC3=CCCC(=O)[C@@H]3[C@@H](c3ccsc3)C12. The highest BCUT2D eigenvalue weighted by atomic mass is 32.1. The van der Waals surface area contributed by atoms with Gasteiger partial charge in [-0.1, -0.05) is 6.07 Å². The van der Waals surface area contributed by atoms with Crippen LogP contribution in [0.2, 0.25) is 0 Å². The zero-order valence-electron chi connectivity index (χ0n) is 14.4. The van der Waals surface area contributed by atoms with Gasteiger partial charge in [-0.25, -0.2) is 0 Å². The number of fused-ring (bicyclic) bond motifs is 2. The summed E-state index contributed by atoms with van der Waals surface area (Å²) in [6.45, 7) is 2.05. The third-order valence-corrected chi connectivity index (χ3v) is 6.15. The standard InChI is InChI=1S/C20H18N4OS/c1-12-17-18(13-8-10-26-11-13)19-14(5-4-6-15(19)25)22-20(17)24(23-12)16-7-2-3-9-21-16/h2-3,5,7-11,17-19H,4,6H2,1H3/p+1/t17?,18-,19+/m0/s1. The van der Waals surface area contributed by atoms with Crippen LogP contribution in [0, 0.1) is 11.8 Å². The molecule has 3 aliphatic rings. The number of ketones is 1. The Balaban J connectivity index is 1.70. The largest absolute Gasteiger partial charge is 0.299 e. The predicted molar refractivity (Wildman–Crippen MR) is 102 cm³/mol. The maximum atomic E-state index is 12.8. The van der Waals surface area contributed by atoms with Gasteiger partial charge >= 0.3 is 0 Å². The van der Waals surface area contributed by atoms with Crippen molar-refractivity contribution in [3.05, 3.63) is 58.6 Å². The van der Waals surface area contributed by atoms with Gasteiger partial charge in [0, 0.05) is 18.4 Å². The summed E-state index contributed by atoms with van der Waals surface area (Å²) in [6.07, 6.45) is 5.38. The molecule has 3 atom stereocenters. The number of nitrogens with zero attached hydrogens (tertiary/aromatic N) is 3. The van der Waals surface area contributed by atoms with Gasteiger partial charge in [0.1, 0.15) is 12.0 Å². The minimum absolute atomic E-state index is 0.0656. The number of hydrogen-bond donors (Lipinski definition) is 1. The van der Waals surface area contributed by atoms with Crippen molar-refractivity contribution in [2.24, 2.45) is 16.9 Å². The maximum Gasteiger partial charge on any atom is 0.286 e. The molecule has 0 saturated carbocycles. The van der Waals surface area contributed by atoms with Crippen LogP contribution in [0.5, 0.6) is 0 Å². The Morgan fingerprint density at radius 1 is 1.27 bits per heavy atom. The number of thiophene rings is 1. The van der Waals surface area contributed by atoms with Gasteiger partial charge in [0.25, 0.3) is 5.82 Å². The first-order valence-electron chi connectivity index (χ1n) is 8.89. The first-order chi connectivity index (χ1) is 12.7. The molecule has 26 heavy (non-hydrogen) atoms. The number of piperidine rings is 1. The van der Waals surface area contributed by atoms with Crippen LogP contribution in [0.25, 0.3) is 0 Å². The van der Waals surface area contributed by atoms with E-state index in [1.54, 1.807) is 17.5 Å². The molecule has 0 aromatic carbocycles. The molecule has 0 amide bonds. The van der Waals surface area contributed by atoms with Crippen LogP contribution >= 0.6 is 11.3 Å². The molecular weight excluding hydrogens is 344 g/mol. The lowest BCUT2D eigenvalue weighted by atomic mass is 9.67. The van der Waals surface area contributed by atoms with Crippen LogP contribution in [0.15, 0.2) is 58.1 Å². The molecule has 5 rings (SSSR count). The summed E-state index contributed by atoms with van der Waals surface area (Å²) in [5, 5.41) is 12.6. The van der Waals surface area contributed by atoms with Gasteiger partial charge in [0.05, 0.1) is 23.2 Å². The van der Waals surface area contributed by atoms with E-state index in [1.165, 1.54) is 5.56 Å². The van der Waals surface area contributed by atoms with E-state index in [4.69, 9.17) is 5.10 Å². The van der Waals surface area contributed by atoms with Crippen LogP contribution in [-0.4, -0.2) is 27.0 Å². The third kappa shape index (κ3) is 2.29. The molecule has 5 nitrogen and oxygen atoms in total. The Kier molecular flexibility index (Phi) is 3.60. The number of carbonyl (C=O) groups is 1. The fourth-order valence-corrected chi connectivity index (χ4v) is 5.06. The van der Waals surface area contributed by atoms with Crippen molar-refractivity contribution in [1.82, 2.24) is 10.3 Å². The molecule has 0 bridgehead atoms. The van der Waals surface area contributed by atoms with E-state index in [1.807, 2.05) is 22.9 Å². The minimum Gasteiger partial charge on any atom is -0.299 e. The average Bonchev–Trinajstić information content (AvgIpc) is 3.30. The number of Topliss-reactive ketones (excluding diaryl/α,β-unsaturated/α-hetero) is 1. The van der Waals surface area contributed by atoms with Gasteiger partial charge in [0.15, 0.2) is 0 Å². The first kappa shape index (κ1) is 15.6. The number of aromatic nitrogens is 1. The quantitative estimate of drug-likeness (QED) is 0.832. The molecular formula is C20H19N4OS+. The summed E-state index contributed by atoms with van der Waals surface area (Å²) >= 11 is 1.68. The summed E-state index contributed by atoms with van der Waals surface area (Å²) in [7, 11) is 0. The number of pyridine rings is 1. The van der Waals surface area contributed by atoms with Crippen LogP contribution in [0.1, 0.15) is 31.2 Å². The van der Waals surface area contributed by atoms with Crippen LogP contribution < -0.4 is 5.32 Å². The highest BCUT2D eigenvalue weighted by Crippen LogP contribution is 2.45. The van der Waals surface area contributed by atoms with Gasteiger partial charge in [-0.15, -0.1) is 14.8 Å². The number of hydrogen-bond acceptors (Lipinski definition) is 5. The molecule has 2 aromatic rings. The summed E-state index contributed by atoms with van der Waals surface area (Å²) in [4.78, 5) is 17.3. The summed E-state index contributed by atoms with van der Waals surface area (Å²) in [6, 6.07) is 7.97. The van der Waals surface area contributed by atoms with Crippen molar-refractivity contribution in [2.45, 2.75) is 25.7 Å². The number of nitrogens with one attached hydrogen (secondary N) is 1. The van der Waals surface area contributed by atoms with E-state index >= 15 is 0 Å². The number of allylic oxidation sites excluding steroid dienone is 2. The van der Waals surface area contributed by atoms with Crippen LogP contribution in [0.4, 0.5) is 5.82 Å². The molecule has 1 fully saturated rings. The molecule has 1 unspecified atom stereocenters. The lowest BCUT2D eigenvalue weighted by molar-refractivity contribution is -0.449. The molecule has 2 aromatic heterocycles. The second kappa shape index (κ2) is 5.99. The van der Waals surface area contributed by atoms with Crippen molar-refractivity contribution < 1.29 is 9.48 Å². The molecule has 2 aliphatic heterocycles. The zero-order valence-corrected chi connectivity index (χ0v) is 15.2. The van der Waals surface area contributed by atoms with E-state index in [2.05, 4.69) is 40.1 Å². The van der Waals surface area contributed by atoms with E-state index < -0.39 is 0 Å². The Hall–Kier alpha value is -2.60. The molecule has 130 valence electrons. The molecule has 1 aliphatic carbocycles. The number of hydrazone groups is 1. The predicted octanol–water partition coefficient (Wildman–Crippen LogP) is 3.44. The zero-order chi connectivity index (χ0) is 17.7. The van der Waals surface area contributed by atoms with Gasteiger partial charge in [-0.05, 0) is 47.9 Å². The van der Waals surface area contributed by atoms with E-state index in [0.29, 0.717) is 12.2 Å². The Morgan fingerprint density at radius 2 is 2.19 bits per heavy atom. The van der Waals surface area contributed by atoms with Gasteiger partial charge in [-0.2, -0.15) is 11.3 Å². The summed E-state index contributed by atoms with van der Waals surface area (Å²) in [5.41, 5.74) is 3.27. The Morgan fingerprint density at radius 3 is 2.96 bits per heavy atom. The monoisotopic (exact) mass is 363 g/mol. The molecule has 6 heteroatoms. The summed E-state index contributed by atoms with van der Waals surface area (Å²) < 4.78 is 1.90. The lowest BCUT2D eigenvalue weighted by Gasteiger charge is -2.37. The molecule has 1 saturated heterocycles. The van der Waals surface area contributed by atoms with E-state index in [0.717, 1.165) is 29.5 Å². The fraction of sp³-hybridized carbons (Fsp3) is 0.300. The Bertz CT molecular complexity index is 959. The third-order valence-electron chi connectivity index (χ3n) is 5.45. The van der Waals surface area contributed by atoms with Crippen LogP contribution in [0.3, 0.4) is 0 Å². The van der Waals surface area contributed by atoms with Crippen LogP contribution in [-0.2, 0) is 4.79 Å². The number of rotatable bonds is 2. The van der Waals surface area contributed by atoms with Gasteiger partial charge in [0.2, 0.25) is 5.84 Å². The molecule has 0 spiro atoms. The minimum atomic E-state index is -0.110. The lowest BCUT2D eigenvalue weighted by Crippen LogP contribution is -2.50. The van der Waals surface area contributed by atoms with E-state index in [-0.39, 0.29) is 17.8 Å². The normalized spacial score (nSPS) is 27.4. The van der Waals surface area contributed by atoms with Crippen molar-refractivity contribution >= 4 is 34.5 Å². The van der Waals surface area contributed by atoms with Crippen molar-refractivity contribution in [2.75, 3.05) is 0 Å². The maximum absolute atomic E-state index is 12.8. The first-order valence-corrected chi connectivity index (χ1v) is 9.83. The number of amidine groups is 1. The molecule has 1 N–H and O–H groups in total. The Labute approximate surface area is 155 Å². The summed E-state index contributed by atoms with van der Waals surface area (Å²) in [5.74, 6) is 2.18. The topological polar surface area (TPSA) is 57.4 Å². The second-order valence-electron chi connectivity index (χ2n) is 6.95. The van der Waals surface area contributed by atoms with Gasteiger partial charge < -0.3 is 0 Å². The highest BCUT2D eigenvalue weighted by Gasteiger charge is 2.52. The molecule has 0 radical (unpaired) electrons. The van der Waals surface area contributed by atoms with E-state index in [9.17, 15) is 4.79 Å². The average molecular weight is 363 g/mol. The fourth-order valence-electron chi connectivity index (χ4n) is 4.36. The van der Waals surface area contributed by atoms with Crippen molar-refractivity contribution in [3.63, 3.8) is 0 Å². The highest BCUT2D eigenvalue weighted by molar-refractivity contribution is 7.08. The van der Waals surface area contributed by atoms with Crippen molar-refractivity contribution in [3.8, 4) is 0 Å². The van der Waals surface area contributed by atoms with Gasteiger partial charge in [-0.3, -0.25) is 10.1 Å². The number of carbonyl (C=O) groups excluding carboxylic acids is 1. The van der Waals surface area contributed by atoms with Crippen molar-refractivity contribution in [1.29, 1.82) is 0 Å². The second-order valence-corrected chi connectivity index (χ2v) is 7.73. The molecule has 4 heterocycles.